The lowest BCUT2D eigenvalue weighted by Crippen LogP contribution is -2.37. The van der Waals surface area contributed by atoms with Crippen molar-refractivity contribution in [3.63, 3.8) is 0 Å². The number of hydrogen-bond acceptors (Lipinski definition) is 3. The van der Waals surface area contributed by atoms with Gasteiger partial charge in [-0.05, 0) is 25.1 Å². The van der Waals surface area contributed by atoms with Gasteiger partial charge < -0.3 is 10.1 Å². The van der Waals surface area contributed by atoms with Gasteiger partial charge in [0.05, 0.1) is 18.3 Å². The molecule has 7 heteroatoms. The van der Waals surface area contributed by atoms with Gasteiger partial charge in [0.25, 0.3) is 0 Å². The van der Waals surface area contributed by atoms with E-state index in [0.717, 1.165) is 4.47 Å². The number of rotatable bonds is 4. The van der Waals surface area contributed by atoms with Crippen LogP contribution in [-0.2, 0) is 4.74 Å². The molecule has 0 aliphatic rings. The molecule has 0 aromatic heterocycles. The first-order valence-electron chi connectivity index (χ1n) is 5.32. The van der Waals surface area contributed by atoms with Crippen LogP contribution >= 0.6 is 15.9 Å². The molecule has 100 valence electrons. The Labute approximate surface area is 114 Å². The minimum Gasteiger partial charge on any atom is -0.382 e. The quantitative estimate of drug-likeness (QED) is 0.343. The van der Waals surface area contributed by atoms with Gasteiger partial charge in [-0.2, -0.15) is 0 Å². The zero-order chi connectivity index (χ0) is 13.5. The highest BCUT2D eigenvalue weighted by Gasteiger charge is 2.07. The maximum absolute atomic E-state index is 13.5. The molecule has 5 nitrogen and oxygen atoms in total. The van der Waals surface area contributed by atoms with Crippen LogP contribution in [0.3, 0.4) is 0 Å². The Kier molecular flexibility index (Phi) is 6.03. The first kappa shape index (κ1) is 14.9. The number of nitrogens with two attached hydrogens (primary N) is 1. The fourth-order valence-corrected chi connectivity index (χ4v) is 1.69. The standard InChI is InChI=1S/C11H16BrFN4O/c1-7(6-18-2)15-11(17-14)16-10-5-8(12)3-4-9(10)13/h3-5,7H,6,14H2,1-2H3,(H2,15,16,17). The number of nitrogens with one attached hydrogen (secondary N) is 2. The number of anilines is 1. The zero-order valence-electron chi connectivity index (χ0n) is 10.2. The van der Waals surface area contributed by atoms with Gasteiger partial charge in [-0.3, -0.25) is 5.43 Å². The molecule has 0 saturated carbocycles. The summed E-state index contributed by atoms with van der Waals surface area (Å²) >= 11 is 3.27. The molecule has 0 heterocycles. The maximum atomic E-state index is 13.5. The van der Waals surface area contributed by atoms with Crippen molar-refractivity contribution >= 4 is 27.6 Å². The van der Waals surface area contributed by atoms with E-state index >= 15 is 0 Å². The Bertz CT molecular complexity index is 428. The van der Waals surface area contributed by atoms with Gasteiger partial charge in [0.1, 0.15) is 5.82 Å². The number of nitrogens with zero attached hydrogens (tertiary/aromatic N) is 1. The number of halogens is 2. The van der Waals surface area contributed by atoms with E-state index in [2.05, 4.69) is 31.7 Å². The van der Waals surface area contributed by atoms with Gasteiger partial charge >= 0.3 is 0 Å². The molecule has 1 aromatic rings. The van der Waals surface area contributed by atoms with Crippen molar-refractivity contribution < 1.29 is 9.13 Å². The molecule has 4 N–H and O–H groups in total. The van der Waals surface area contributed by atoms with E-state index in [1.165, 1.54) is 6.07 Å². The first-order chi connectivity index (χ1) is 8.56. The molecule has 0 aliphatic carbocycles. The van der Waals surface area contributed by atoms with E-state index in [4.69, 9.17) is 10.6 Å². The Hall–Kier alpha value is -1.18. The Morgan fingerprint density at radius 2 is 2.33 bits per heavy atom. The minimum atomic E-state index is -0.388. The van der Waals surface area contributed by atoms with Crippen molar-refractivity contribution in [2.45, 2.75) is 13.0 Å². The predicted octanol–water partition coefficient (Wildman–Crippen LogP) is 1.85. The van der Waals surface area contributed by atoms with E-state index in [-0.39, 0.29) is 23.5 Å². The number of guanidine groups is 1. The third-order valence-electron chi connectivity index (χ3n) is 2.08. The van der Waals surface area contributed by atoms with Gasteiger partial charge in [-0.1, -0.05) is 15.9 Å². The molecule has 0 spiro atoms. The molecule has 0 radical (unpaired) electrons. The second-order valence-corrected chi connectivity index (χ2v) is 4.59. The van der Waals surface area contributed by atoms with E-state index in [9.17, 15) is 4.39 Å². The third kappa shape index (κ3) is 4.59. The number of benzene rings is 1. The molecule has 1 rings (SSSR count). The third-order valence-corrected chi connectivity index (χ3v) is 2.57. The van der Waals surface area contributed by atoms with Crippen molar-refractivity contribution in [3.05, 3.63) is 28.5 Å². The van der Waals surface area contributed by atoms with Crippen molar-refractivity contribution in [1.29, 1.82) is 0 Å². The van der Waals surface area contributed by atoms with Crippen molar-refractivity contribution in [3.8, 4) is 0 Å². The van der Waals surface area contributed by atoms with E-state index < -0.39 is 0 Å². The van der Waals surface area contributed by atoms with Gasteiger partial charge in [0.15, 0.2) is 0 Å². The molecule has 0 fully saturated rings. The fraction of sp³-hybridized carbons (Fsp3) is 0.364. The lowest BCUT2D eigenvalue weighted by molar-refractivity contribution is 0.185. The summed E-state index contributed by atoms with van der Waals surface area (Å²) in [6, 6.07) is 4.46. The highest BCUT2D eigenvalue weighted by molar-refractivity contribution is 9.10. The van der Waals surface area contributed by atoms with Crippen molar-refractivity contribution in [2.24, 2.45) is 10.8 Å². The van der Waals surface area contributed by atoms with E-state index in [1.54, 1.807) is 19.2 Å². The molecule has 18 heavy (non-hydrogen) atoms. The molecule has 1 aromatic carbocycles. The molecular formula is C11H16BrFN4O. The second kappa shape index (κ2) is 7.30. The molecule has 0 bridgehead atoms. The summed E-state index contributed by atoms with van der Waals surface area (Å²) in [5.41, 5.74) is 2.67. The first-order valence-corrected chi connectivity index (χ1v) is 6.11. The summed E-state index contributed by atoms with van der Waals surface area (Å²) in [5, 5.41) is 2.78. The summed E-state index contributed by atoms with van der Waals surface area (Å²) in [7, 11) is 1.59. The Morgan fingerprint density at radius 3 is 2.94 bits per heavy atom. The second-order valence-electron chi connectivity index (χ2n) is 3.68. The van der Waals surface area contributed by atoms with Gasteiger partial charge in [0.2, 0.25) is 5.96 Å². The Morgan fingerprint density at radius 1 is 1.61 bits per heavy atom. The van der Waals surface area contributed by atoms with Crippen LogP contribution in [0, 0.1) is 5.82 Å². The van der Waals surface area contributed by atoms with Crippen LogP contribution in [0.4, 0.5) is 10.1 Å². The van der Waals surface area contributed by atoms with Crippen LogP contribution < -0.4 is 16.6 Å². The topological polar surface area (TPSA) is 71.7 Å². The average molecular weight is 319 g/mol. The maximum Gasteiger partial charge on any atom is 0.210 e. The highest BCUT2D eigenvalue weighted by atomic mass is 79.9. The number of aliphatic imine (C=N–C) groups is 1. The van der Waals surface area contributed by atoms with E-state index in [0.29, 0.717) is 6.61 Å². The lowest BCUT2D eigenvalue weighted by Gasteiger charge is -2.12. The van der Waals surface area contributed by atoms with Crippen molar-refractivity contribution in [2.75, 3.05) is 19.0 Å². The Balaban J connectivity index is 2.82. The van der Waals surface area contributed by atoms with Crippen LogP contribution in [0.2, 0.25) is 0 Å². The van der Waals surface area contributed by atoms with E-state index in [1.807, 2.05) is 6.92 Å². The van der Waals surface area contributed by atoms with Crippen LogP contribution in [0.15, 0.2) is 27.7 Å². The number of ether oxygens (including phenoxy) is 1. The minimum absolute atomic E-state index is 0.0937. The number of methoxy groups -OCH3 is 1. The smallest absolute Gasteiger partial charge is 0.210 e. The SMILES string of the molecule is COCC(C)N=C(NN)Nc1cc(Br)ccc1F. The molecule has 0 aliphatic heterocycles. The summed E-state index contributed by atoms with van der Waals surface area (Å²) in [4.78, 5) is 4.21. The van der Waals surface area contributed by atoms with Gasteiger partial charge in [-0.25, -0.2) is 15.2 Å². The lowest BCUT2D eigenvalue weighted by atomic mass is 10.3. The monoisotopic (exact) mass is 318 g/mol. The van der Waals surface area contributed by atoms with Gasteiger partial charge in [-0.15, -0.1) is 0 Å². The van der Waals surface area contributed by atoms with Crippen LogP contribution in [0.5, 0.6) is 0 Å². The summed E-state index contributed by atoms with van der Waals surface area (Å²) in [6.45, 7) is 2.31. The zero-order valence-corrected chi connectivity index (χ0v) is 11.8. The van der Waals surface area contributed by atoms with Crippen LogP contribution in [0.25, 0.3) is 0 Å². The predicted molar refractivity (Wildman–Crippen MR) is 73.8 cm³/mol. The fourth-order valence-electron chi connectivity index (χ4n) is 1.33. The summed E-state index contributed by atoms with van der Waals surface area (Å²) in [5.74, 6) is 5.22. The largest absolute Gasteiger partial charge is 0.382 e. The molecule has 0 amide bonds. The number of hydrogen-bond donors (Lipinski definition) is 3. The van der Waals surface area contributed by atoms with Crippen LogP contribution in [0.1, 0.15) is 6.92 Å². The summed E-state index contributed by atoms with van der Waals surface area (Å²) < 4.78 is 19.2. The van der Waals surface area contributed by atoms with Crippen LogP contribution in [-0.4, -0.2) is 25.7 Å². The normalized spacial score (nSPS) is 13.3. The molecule has 1 unspecified atom stereocenters. The van der Waals surface area contributed by atoms with Crippen molar-refractivity contribution in [1.82, 2.24) is 5.43 Å². The summed E-state index contributed by atoms with van der Waals surface area (Å²) in [6.07, 6.45) is 0. The molecule has 1 atom stereocenters. The average Bonchev–Trinajstić information content (AvgIpc) is 2.33. The molecular weight excluding hydrogens is 303 g/mol. The van der Waals surface area contributed by atoms with Gasteiger partial charge in [0, 0.05) is 11.6 Å². The highest BCUT2D eigenvalue weighted by Crippen LogP contribution is 2.19. The number of hydrazine groups is 1. The molecule has 0 saturated heterocycles.